The molecule has 3 fully saturated rings. The number of carbonyl (C=O) groups excluding carboxylic acids is 2. The molecule has 1 atom stereocenters. The van der Waals surface area contributed by atoms with Crippen molar-refractivity contribution < 1.29 is 14.3 Å². The van der Waals surface area contributed by atoms with Crippen LogP contribution in [0.4, 0.5) is 4.79 Å². The third kappa shape index (κ3) is 6.82. The number of hydrogen-bond donors (Lipinski definition) is 1. The van der Waals surface area contributed by atoms with Gasteiger partial charge in [-0.05, 0) is 58.9 Å². The van der Waals surface area contributed by atoms with Gasteiger partial charge in [0.1, 0.15) is 11.6 Å². The molecular weight excluding hydrogens is 408 g/mol. The molecule has 32 heavy (non-hydrogen) atoms. The number of nitrogens with one attached hydrogen (secondary N) is 1. The number of nitrogens with zero attached hydrogens (tertiary/aromatic N) is 3. The molecule has 4 rings (SSSR count). The van der Waals surface area contributed by atoms with Gasteiger partial charge in [0.05, 0.1) is 0 Å². The molecule has 8 heteroatoms. The highest BCUT2D eigenvalue weighted by Gasteiger charge is 2.39. The molecular formula is C24H38N4O4. The van der Waals surface area contributed by atoms with Gasteiger partial charge in [0.2, 0.25) is 11.5 Å². The molecule has 1 N–H and O–H groups in total. The van der Waals surface area contributed by atoms with Crippen LogP contribution in [0.15, 0.2) is 29.2 Å². The first-order valence-electron chi connectivity index (χ1n) is 11.9. The lowest BCUT2D eigenvalue weighted by molar-refractivity contribution is -0.135. The minimum absolute atomic E-state index is 0.0532. The highest BCUT2D eigenvalue weighted by Crippen LogP contribution is 2.27. The molecule has 0 bridgehead atoms. The van der Waals surface area contributed by atoms with Gasteiger partial charge in [-0.25, -0.2) is 4.79 Å². The fourth-order valence-electron chi connectivity index (χ4n) is 4.42. The average Bonchev–Trinajstić information content (AvgIpc) is 3.06. The van der Waals surface area contributed by atoms with Crippen LogP contribution >= 0.6 is 0 Å². The second kappa shape index (κ2) is 11.0. The number of H-pyrrole nitrogens is 1. The van der Waals surface area contributed by atoms with Crippen LogP contribution in [0.2, 0.25) is 0 Å². The summed E-state index contributed by atoms with van der Waals surface area (Å²) in [7, 11) is 0. The van der Waals surface area contributed by atoms with Crippen LogP contribution in [0.25, 0.3) is 0 Å². The van der Waals surface area contributed by atoms with Gasteiger partial charge in [0.25, 0.3) is 0 Å². The summed E-state index contributed by atoms with van der Waals surface area (Å²) in [5, 5.41) is 0. The first-order valence-corrected chi connectivity index (χ1v) is 11.9. The lowest BCUT2D eigenvalue weighted by atomic mass is 9.91. The molecule has 1 saturated carbocycles. The van der Waals surface area contributed by atoms with Gasteiger partial charge >= 0.3 is 6.09 Å². The van der Waals surface area contributed by atoms with E-state index in [1.54, 1.807) is 23.2 Å². The highest BCUT2D eigenvalue weighted by atomic mass is 16.6. The number of ether oxygens (including phenoxy) is 1. The summed E-state index contributed by atoms with van der Waals surface area (Å²) in [6.45, 7) is 9.86. The standard InChI is InChI=1S/C19H33N3O3.C5H5NO/c1-19(2,3)25-18(24)22-12-5-9-16(22)17(23)21-11-6-10-20(13-14-21)15-7-4-8-15;7-5-3-1-2-4-6-5/h15-16H,4-14H2,1-3H3;1-4H,(H,6,7)/t16-;/m1./s1. The maximum absolute atomic E-state index is 13.1. The number of hydrogen-bond acceptors (Lipinski definition) is 5. The summed E-state index contributed by atoms with van der Waals surface area (Å²) in [5.41, 5.74) is -0.582. The third-order valence-corrected chi connectivity index (χ3v) is 6.28. The summed E-state index contributed by atoms with van der Waals surface area (Å²) < 4.78 is 5.49. The number of rotatable bonds is 2. The van der Waals surface area contributed by atoms with Crippen molar-refractivity contribution in [3.63, 3.8) is 0 Å². The molecule has 2 aliphatic heterocycles. The monoisotopic (exact) mass is 446 g/mol. The summed E-state index contributed by atoms with van der Waals surface area (Å²) in [6.07, 6.45) is 7.86. The zero-order valence-electron chi connectivity index (χ0n) is 19.7. The van der Waals surface area contributed by atoms with E-state index in [0.717, 1.165) is 51.5 Å². The van der Waals surface area contributed by atoms with Crippen LogP contribution in [0.1, 0.15) is 59.3 Å². The van der Waals surface area contributed by atoms with Gasteiger partial charge in [0.15, 0.2) is 0 Å². The first kappa shape index (κ1) is 24.3. The fraction of sp³-hybridized carbons (Fsp3) is 0.708. The Hall–Kier alpha value is -2.35. The van der Waals surface area contributed by atoms with E-state index in [2.05, 4.69) is 9.88 Å². The normalized spacial score (nSPS) is 22.4. The van der Waals surface area contributed by atoms with Crippen LogP contribution in [0.5, 0.6) is 0 Å². The van der Waals surface area contributed by atoms with E-state index in [4.69, 9.17) is 4.74 Å². The fourth-order valence-corrected chi connectivity index (χ4v) is 4.42. The van der Waals surface area contributed by atoms with E-state index in [-0.39, 0.29) is 23.6 Å². The maximum Gasteiger partial charge on any atom is 0.410 e. The minimum Gasteiger partial charge on any atom is -0.444 e. The van der Waals surface area contributed by atoms with Crippen molar-refractivity contribution in [3.05, 3.63) is 34.7 Å². The zero-order valence-corrected chi connectivity index (χ0v) is 19.7. The predicted octanol–water partition coefficient (Wildman–Crippen LogP) is 2.85. The maximum atomic E-state index is 13.1. The van der Waals surface area contributed by atoms with Gasteiger partial charge in [-0.1, -0.05) is 12.5 Å². The Labute approximate surface area is 190 Å². The van der Waals surface area contributed by atoms with Crippen LogP contribution in [-0.2, 0) is 9.53 Å². The van der Waals surface area contributed by atoms with Crippen LogP contribution in [0, 0.1) is 0 Å². The predicted molar refractivity (Wildman–Crippen MR) is 123 cm³/mol. The van der Waals surface area contributed by atoms with Crippen molar-refractivity contribution in [2.24, 2.45) is 0 Å². The lowest BCUT2D eigenvalue weighted by Gasteiger charge is -2.37. The van der Waals surface area contributed by atoms with Gasteiger partial charge in [-0.2, -0.15) is 0 Å². The average molecular weight is 447 g/mol. The van der Waals surface area contributed by atoms with Crippen molar-refractivity contribution in [2.45, 2.75) is 77.0 Å². The minimum atomic E-state index is -0.529. The van der Waals surface area contributed by atoms with Crippen LogP contribution < -0.4 is 5.56 Å². The topological polar surface area (TPSA) is 85.9 Å². The Bertz CT molecular complexity index is 797. The molecule has 3 aliphatic rings. The third-order valence-electron chi connectivity index (χ3n) is 6.28. The number of aromatic nitrogens is 1. The number of pyridine rings is 1. The van der Waals surface area contributed by atoms with E-state index in [9.17, 15) is 14.4 Å². The molecule has 2 amide bonds. The number of amides is 2. The Kier molecular flexibility index (Phi) is 8.34. The van der Waals surface area contributed by atoms with Gasteiger partial charge in [0, 0.05) is 51.0 Å². The smallest absolute Gasteiger partial charge is 0.410 e. The van der Waals surface area contributed by atoms with Crippen molar-refractivity contribution in [2.75, 3.05) is 32.7 Å². The lowest BCUT2D eigenvalue weighted by Crippen LogP contribution is -2.50. The van der Waals surface area contributed by atoms with E-state index in [0.29, 0.717) is 6.54 Å². The molecule has 1 aliphatic carbocycles. The van der Waals surface area contributed by atoms with Gasteiger partial charge in [-0.15, -0.1) is 0 Å². The Morgan fingerprint density at radius 2 is 1.75 bits per heavy atom. The second-order valence-electron chi connectivity index (χ2n) is 9.86. The Balaban J connectivity index is 0.000000352. The van der Waals surface area contributed by atoms with Gasteiger partial charge < -0.3 is 14.6 Å². The molecule has 0 unspecified atom stereocenters. The van der Waals surface area contributed by atoms with Crippen molar-refractivity contribution in [1.29, 1.82) is 0 Å². The molecule has 2 saturated heterocycles. The van der Waals surface area contributed by atoms with E-state index in [1.165, 1.54) is 25.3 Å². The molecule has 8 nitrogen and oxygen atoms in total. The van der Waals surface area contributed by atoms with E-state index < -0.39 is 5.60 Å². The largest absolute Gasteiger partial charge is 0.444 e. The molecule has 0 radical (unpaired) electrons. The second-order valence-corrected chi connectivity index (χ2v) is 9.86. The van der Waals surface area contributed by atoms with E-state index in [1.807, 2.05) is 25.7 Å². The zero-order chi connectivity index (χ0) is 23.1. The quantitative estimate of drug-likeness (QED) is 0.755. The van der Waals surface area contributed by atoms with Crippen molar-refractivity contribution in [1.82, 2.24) is 19.7 Å². The molecule has 178 valence electrons. The highest BCUT2D eigenvalue weighted by molar-refractivity contribution is 5.86. The SMILES string of the molecule is CC(C)(C)OC(=O)N1CCC[C@@H]1C(=O)N1CCCN(C2CCC2)CC1.O=c1cccc[nH]1. The summed E-state index contributed by atoms with van der Waals surface area (Å²) in [6, 6.07) is 5.32. The van der Waals surface area contributed by atoms with Crippen molar-refractivity contribution in [3.8, 4) is 0 Å². The first-order chi connectivity index (χ1) is 15.2. The Morgan fingerprint density at radius 3 is 2.31 bits per heavy atom. The molecule has 1 aromatic rings. The molecule has 0 aromatic carbocycles. The van der Waals surface area contributed by atoms with Gasteiger partial charge in [-0.3, -0.25) is 19.4 Å². The van der Waals surface area contributed by atoms with Crippen LogP contribution in [0.3, 0.4) is 0 Å². The van der Waals surface area contributed by atoms with Crippen LogP contribution in [-0.4, -0.2) is 82.1 Å². The Morgan fingerprint density at radius 1 is 0.969 bits per heavy atom. The summed E-state index contributed by atoms with van der Waals surface area (Å²) in [4.78, 5) is 44.4. The van der Waals surface area contributed by atoms with E-state index >= 15 is 0 Å². The molecule has 3 heterocycles. The molecule has 0 spiro atoms. The number of aromatic amines is 1. The summed E-state index contributed by atoms with van der Waals surface area (Å²) >= 11 is 0. The number of carbonyl (C=O) groups is 2. The van der Waals surface area contributed by atoms with Crippen molar-refractivity contribution >= 4 is 12.0 Å². The molecule has 1 aromatic heterocycles. The summed E-state index contributed by atoms with van der Waals surface area (Å²) in [5.74, 6) is 0.110. The number of likely N-dealkylation sites (tertiary alicyclic amines) is 1.